The van der Waals surface area contributed by atoms with Crippen LogP contribution in [0.3, 0.4) is 0 Å². The molecule has 0 aromatic carbocycles. The summed E-state index contributed by atoms with van der Waals surface area (Å²) in [6, 6.07) is 0. The number of ether oxygens (including phenoxy) is 5. The molecule has 8 aliphatic rings. The number of rotatable bonds is 12. The lowest BCUT2D eigenvalue weighted by atomic mass is 9.66. The monoisotopic (exact) mass is 646 g/mol. The highest BCUT2D eigenvalue weighted by atomic mass is 16.6. The molecule has 0 spiro atoms. The van der Waals surface area contributed by atoms with E-state index in [1.165, 1.54) is 0 Å². The van der Waals surface area contributed by atoms with E-state index < -0.39 is 17.4 Å². The Balaban J connectivity index is 0.000000152. The summed E-state index contributed by atoms with van der Waals surface area (Å²) in [5, 5.41) is 19.2. The summed E-state index contributed by atoms with van der Waals surface area (Å²) < 4.78 is 28.0. The van der Waals surface area contributed by atoms with Gasteiger partial charge in [0.15, 0.2) is 0 Å². The van der Waals surface area contributed by atoms with Crippen LogP contribution in [0.15, 0.2) is 0 Å². The van der Waals surface area contributed by atoms with Crippen molar-refractivity contribution in [2.45, 2.75) is 159 Å². The number of carboxylic acid groups (broad SMARTS) is 2. The lowest BCUT2D eigenvalue weighted by Crippen LogP contribution is -2.37. The molecule has 4 saturated carbocycles. The van der Waals surface area contributed by atoms with Crippen molar-refractivity contribution in [2.24, 2.45) is 40.9 Å². The zero-order valence-electron chi connectivity index (χ0n) is 27.6. The topological polar surface area (TPSA) is 151 Å². The van der Waals surface area contributed by atoms with Gasteiger partial charge in [0.05, 0.1) is 66.8 Å². The van der Waals surface area contributed by atoms with Gasteiger partial charge < -0.3 is 33.9 Å². The highest BCUT2D eigenvalue weighted by molar-refractivity contribution is 5.75. The van der Waals surface area contributed by atoms with Gasteiger partial charge in [0.1, 0.15) is 0 Å². The summed E-state index contributed by atoms with van der Waals surface area (Å²) in [7, 11) is 0. The maximum absolute atomic E-state index is 12.4. The van der Waals surface area contributed by atoms with E-state index in [4.69, 9.17) is 28.8 Å². The second-order valence-corrected chi connectivity index (χ2v) is 16.3. The average Bonchev–Trinajstić information content (AvgIpc) is 3.83. The Morgan fingerprint density at radius 1 is 0.674 bits per heavy atom. The van der Waals surface area contributed by atoms with Crippen molar-refractivity contribution >= 4 is 17.9 Å². The highest BCUT2D eigenvalue weighted by Gasteiger charge is 2.52. The summed E-state index contributed by atoms with van der Waals surface area (Å²) in [6.45, 7) is 4.97. The van der Waals surface area contributed by atoms with Crippen LogP contribution in [-0.4, -0.2) is 83.6 Å². The first-order valence-electron chi connectivity index (χ1n) is 18.3. The quantitative estimate of drug-likeness (QED) is 0.209. The molecule has 0 amide bonds. The van der Waals surface area contributed by atoms with Crippen LogP contribution < -0.4 is 0 Å². The van der Waals surface area contributed by atoms with Crippen molar-refractivity contribution in [1.29, 1.82) is 0 Å². The molecule has 8 fully saturated rings. The van der Waals surface area contributed by atoms with Gasteiger partial charge in [-0.05, 0) is 119 Å². The summed E-state index contributed by atoms with van der Waals surface area (Å²) in [6.07, 6.45) is 15.7. The average molecular weight is 647 g/mol. The van der Waals surface area contributed by atoms with Crippen molar-refractivity contribution in [2.75, 3.05) is 6.61 Å². The van der Waals surface area contributed by atoms with Crippen molar-refractivity contribution in [1.82, 2.24) is 0 Å². The first-order chi connectivity index (χ1) is 22.1. The fraction of sp³-hybridized carbons (Fsp3) is 0.917. The van der Waals surface area contributed by atoms with Crippen molar-refractivity contribution in [3.05, 3.63) is 0 Å². The molecule has 0 aromatic heterocycles. The largest absolute Gasteiger partial charge is 0.481 e. The third-order valence-corrected chi connectivity index (χ3v) is 12.9. The lowest BCUT2D eigenvalue weighted by molar-refractivity contribution is -0.154. The maximum atomic E-state index is 12.4. The number of carboxylic acids is 2. The number of esters is 1. The van der Waals surface area contributed by atoms with Gasteiger partial charge in [0.2, 0.25) is 0 Å². The van der Waals surface area contributed by atoms with Gasteiger partial charge in [-0.15, -0.1) is 0 Å². The van der Waals surface area contributed by atoms with E-state index in [0.717, 1.165) is 64.2 Å². The minimum absolute atomic E-state index is 0.00233. The molecule has 4 aliphatic heterocycles. The first-order valence-corrected chi connectivity index (χ1v) is 18.3. The number of carbonyl (C=O) groups excluding carboxylic acids is 1. The van der Waals surface area contributed by atoms with Gasteiger partial charge in [0.25, 0.3) is 0 Å². The van der Waals surface area contributed by atoms with Gasteiger partial charge in [-0.25, -0.2) is 0 Å². The van der Waals surface area contributed by atoms with Crippen molar-refractivity contribution in [3.63, 3.8) is 0 Å². The van der Waals surface area contributed by atoms with E-state index in [1.807, 2.05) is 0 Å². The fourth-order valence-electron chi connectivity index (χ4n) is 9.74. The molecule has 8 rings (SSSR count). The molecule has 4 saturated heterocycles. The summed E-state index contributed by atoms with van der Waals surface area (Å²) in [5.74, 6) is 0.703. The Kier molecular flexibility index (Phi) is 9.46. The van der Waals surface area contributed by atoms with E-state index in [9.17, 15) is 19.5 Å². The summed E-state index contributed by atoms with van der Waals surface area (Å²) in [4.78, 5) is 35.7. The summed E-state index contributed by atoms with van der Waals surface area (Å²) >= 11 is 0. The van der Waals surface area contributed by atoms with E-state index >= 15 is 0 Å². The van der Waals surface area contributed by atoms with Crippen LogP contribution in [0.4, 0.5) is 0 Å². The Labute approximate surface area is 272 Å². The van der Waals surface area contributed by atoms with Crippen LogP contribution >= 0.6 is 0 Å². The maximum Gasteiger partial charge on any atom is 0.309 e. The van der Waals surface area contributed by atoms with Gasteiger partial charge in [-0.2, -0.15) is 0 Å². The number of carbonyl (C=O) groups is 3. The van der Waals surface area contributed by atoms with Crippen LogP contribution in [0.1, 0.15) is 110 Å². The van der Waals surface area contributed by atoms with Gasteiger partial charge in [-0.3, -0.25) is 14.4 Å². The molecule has 14 unspecified atom stereocenters. The Morgan fingerprint density at radius 2 is 1.20 bits per heavy atom. The highest BCUT2D eigenvalue weighted by Crippen LogP contribution is 2.50. The molecular formula is C36H54O10. The van der Waals surface area contributed by atoms with Crippen molar-refractivity contribution in [3.8, 4) is 0 Å². The van der Waals surface area contributed by atoms with Crippen LogP contribution in [0.5, 0.6) is 0 Å². The van der Waals surface area contributed by atoms with E-state index in [0.29, 0.717) is 111 Å². The normalized spacial score (nSPS) is 45.5. The molecule has 0 radical (unpaired) electrons. The van der Waals surface area contributed by atoms with E-state index in [-0.39, 0.29) is 18.3 Å². The van der Waals surface area contributed by atoms with Gasteiger partial charge >= 0.3 is 17.9 Å². The molecule has 10 nitrogen and oxygen atoms in total. The molecule has 0 aromatic rings. The molecule has 258 valence electrons. The minimum atomic E-state index is -0.844. The first kappa shape index (κ1) is 32.8. The second kappa shape index (κ2) is 13.3. The predicted octanol–water partition coefficient (Wildman–Crippen LogP) is 5.38. The lowest BCUT2D eigenvalue weighted by Gasteiger charge is -2.37. The van der Waals surface area contributed by atoms with Gasteiger partial charge in [0, 0.05) is 6.42 Å². The van der Waals surface area contributed by atoms with E-state index in [1.54, 1.807) is 0 Å². The smallest absolute Gasteiger partial charge is 0.309 e. The Morgan fingerprint density at radius 3 is 1.76 bits per heavy atom. The molecule has 14 atom stereocenters. The number of hydrogen-bond acceptors (Lipinski definition) is 8. The minimum Gasteiger partial charge on any atom is -0.481 e. The number of epoxide rings is 4. The number of aliphatic carboxylic acids is 2. The Bertz CT molecular complexity index is 1110. The third kappa shape index (κ3) is 7.76. The molecule has 46 heavy (non-hydrogen) atoms. The molecule has 2 N–H and O–H groups in total. The molecule has 10 heteroatoms. The molecular weight excluding hydrogens is 592 g/mol. The number of fused-ring (bicyclic) bond motifs is 4. The second-order valence-electron chi connectivity index (χ2n) is 16.3. The fourth-order valence-corrected chi connectivity index (χ4v) is 9.74. The van der Waals surface area contributed by atoms with Crippen LogP contribution in [0.2, 0.25) is 0 Å². The summed E-state index contributed by atoms with van der Waals surface area (Å²) in [5.41, 5.74) is -0.797. The SMILES string of the molecule is CC1CC2OC2CC1COC(=O)C1CC2OC2CC1C.O=C(O)CCCC(CC1CCC2OC2C1)(CC1CCC2OC2C1)C(=O)O. The Hall–Kier alpha value is -1.75. The zero-order chi connectivity index (χ0) is 32.2. The molecule has 0 bridgehead atoms. The van der Waals surface area contributed by atoms with Gasteiger partial charge in [-0.1, -0.05) is 13.8 Å². The van der Waals surface area contributed by atoms with Crippen molar-refractivity contribution < 1.29 is 48.3 Å². The molecule has 4 heterocycles. The standard InChI is InChI=1S/C20H30O6.C16H24O4/c21-18(22)2-1-7-20(19(23)24,10-12-3-5-14-16(8-12)25-14)11-13-4-6-15-17(9-13)26-15;1-8-3-12-14(19-12)5-10(8)7-18-16(17)11-6-15-13(20-15)4-9(11)2/h12-17H,1-11H2,(H,21,22)(H,23,24);8-15H,3-7H2,1-2H3. The van der Waals surface area contributed by atoms with E-state index in [2.05, 4.69) is 13.8 Å². The zero-order valence-corrected chi connectivity index (χ0v) is 27.6. The molecule has 4 aliphatic carbocycles. The number of hydrogen-bond donors (Lipinski definition) is 2. The third-order valence-electron chi connectivity index (χ3n) is 12.9. The van der Waals surface area contributed by atoms with Crippen LogP contribution in [0.25, 0.3) is 0 Å². The van der Waals surface area contributed by atoms with Crippen LogP contribution in [0, 0.1) is 40.9 Å². The predicted molar refractivity (Wildman–Crippen MR) is 165 cm³/mol. The van der Waals surface area contributed by atoms with Crippen LogP contribution in [-0.2, 0) is 38.1 Å².